The number of hydrogen-bond acceptors (Lipinski definition) is 4. The summed E-state index contributed by atoms with van der Waals surface area (Å²) in [5, 5.41) is 3.01. The Labute approximate surface area is 149 Å². The van der Waals surface area contributed by atoms with E-state index < -0.39 is 9.84 Å². The van der Waals surface area contributed by atoms with Crippen molar-refractivity contribution in [2.75, 3.05) is 24.6 Å². The summed E-state index contributed by atoms with van der Waals surface area (Å²) in [6.45, 7) is 5.67. The third kappa shape index (κ3) is 4.14. The molecule has 1 unspecified atom stereocenters. The highest BCUT2D eigenvalue weighted by molar-refractivity contribution is 7.91. The first-order valence-electron chi connectivity index (χ1n) is 8.93. The molecule has 1 atom stereocenters. The van der Waals surface area contributed by atoms with E-state index >= 15 is 0 Å². The van der Waals surface area contributed by atoms with Gasteiger partial charge < -0.3 is 10.2 Å². The minimum atomic E-state index is -2.82. The Balaban J connectivity index is 1.50. The number of nitrogens with zero attached hydrogens (tertiary/aromatic N) is 2. The largest absolute Gasteiger partial charge is 0.338 e. The molecule has 2 fully saturated rings. The third-order valence-electron chi connectivity index (χ3n) is 5.42. The Bertz CT molecular complexity index is 704. The molecule has 0 saturated carbocycles. The number of nitrogens with one attached hydrogen (secondary N) is 1. The van der Waals surface area contributed by atoms with Gasteiger partial charge in [-0.1, -0.05) is 13.8 Å². The molecule has 2 amide bonds. The van der Waals surface area contributed by atoms with E-state index in [1.54, 1.807) is 12.4 Å². The molecule has 1 N–H and O–H groups in total. The van der Waals surface area contributed by atoms with Gasteiger partial charge in [0.15, 0.2) is 0 Å². The monoisotopic (exact) mass is 365 g/mol. The van der Waals surface area contributed by atoms with Crippen LogP contribution in [0, 0.1) is 11.3 Å². The second-order valence-corrected chi connectivity index (χ2v) is 10.2. The summed E-state index contributed by atoms with van der Waals surface area (Å²) >= 11 is 0. The Kier molecular flexibility index (Phi) is 5.04. The molecule has 0 bridgehead atoms. The van der Waals surface area contributed by atoms with Gasteiger partial charge in [0.2, 0.25) is 0 Å². The lowest BCUT2D eigenvalue weighted by atomic mass is 9.72. The minimum absolute atomic E-state index is 0.0374. The molecular weight excluding hydrogens is 338 g/mol. The van der Waals surface area contributed by atoms with Crippen LogP contribution in [-0.4, -0.2) is 48.9 Å². The molecular formula is C18H27N3O3S. The standard InChI is InChI=1S/C18H27N3O3S/c1-18(2)13-21(16(18)15-4-8-19-9-5-15)17(22)20-10-3-14-6-11-25(23,24)12-7-14/h4-5,8-9,14,16H,3,6-7,10-13H2,1-2H3,(H,20,22). The SMILES string of the molecule is CC1(C)CN(C(=O)NCCC2CCS(=O)(=O)CC2)C1c1ccncc1. The van der Waals surface area contributed by atoms with E-state index in [9.17, 15) is 13.2 Å². The van der Waals surface area contributed by atoms with Crippen LogP contribution in [0.5, 0.6) is 0 Å². The van der Waals surface area contributed by atoms with Gasteiger partial charge in [-0.2, -0.15) is 0 Å². The smallest absolute Gasteiger partial charge is 0.317 e. The lowest BCUT2D eigenvalue weighted by Gasteiger charge is -2.54. The maximum Gasteiger partial charge on any atom is 0.317 e. The summed E-state index contributed by atoms with van der Waals surface area (Å²) in [6, 6.07) is 3.96. The Morgan fingerprint density at radius 2 is 1.92 bits per heavy atom. The number of carbonyl (C=O) groups excluding carboxylic acids is 1. The molecule has 0 radical (unpaired) electrons. The molecule has 2 saturated heterocycles. The highest BCUT2D eigenvalue weighted by atomic mass is 32.2. The molecule has 6 nitrogen and oxygen atoms in total. The van der Waals surface area contributed by atoms with Gasteiger partial charge in [-0.25, -0.2) is 13.2 Å². The normalized spacial score (nSPS) is 25.2. The summed E-state index contributed by atoms with van der Waals surface area (Å²) in [6.07, 6.45) is 5.80. The Morgan fingerprint density at radius 1 is 1.28 bits per heavy atom. The van der Waals surface area contributed by atoms with Gasteiger partial charge in [-0.15, -0.1) is 0 Å². The topological polar surface area (TPSA) is 79.4 Å². The number of pyridine rings is 1. The van der Waals surface area contributed by atoms with Gasteiger partial charge in [-0.05, 0) is 42.9 Å². The maximum absolute atomic E-state index is 12.5. The van der Waals surface area contributed by atoms with E-state index in [0.29, 0.717) is 25.3 Å². The number of hydrogen-bond donors (Lipinski definition) is 1. The van der Waals surface area contributed by atoms with Gasteiger partial charge in [0.05, 0.1) is 17.5 Å². The highest BCUT2D eigenvalue weighted by Gasteiger charge is 2.48. The van der Waals surface area contributed by atoms with Crippen molar-refractivity contribution in [2.45, 2.75) is 39.2 Å². The van der Waals surface area contributed by atoms with Crippen LogP contribution in [-0.2, 0) is 9.84 Å². The van der Waals surface area contributed by atoms with Crippen molar-refractivity contribution >= 4 is 15.9 Å². The number of carbonyl (C=O) groups is 1. The van der Waals surface area contributed by atoms with Crippen molar-refractivity contribution in [3.8, 4) is 0 Å². The molecule has 138 valence electrons. The van der Waals surface area contributed by atoms with Crippen molar-refractivity contribution in [1.82, 2.24) is 15.2 Å². The number of amides is 2. The van der Waals surface area contributed by atoms with Crippen molar-refractivity contribution in [3.63, 3.8) is 0 Å². The minimum Gasteiger partial charge on any atom is -0.338 e. The predicted molar refractivity (Wildman–Crippen MR) is 96.9 cm³/mol. The summed E-state index contributed by atoms with van der Waals surface area (Å²) in [4.78, 5) is 18.5. The molecule has 1 aromatic rings. The van der Waals surface area contributed by atoms with Crippen LogP contribution in [0.1, 0.15) is 44.7 Å². The molecule has 0 aromatic carbocycles. The van der Waals surface area contributed by atoms with Crippen molar-refractivity contribution < 1.29 is 13.2 Å². The predicted octanol–water partition coefficient (Wildman–Crippen LogP) is 2.39. The highest BCUT2D eigenvalue weighted by Crippen LogP contribution is 2.47. The third-order valence-corrected chi connectivity index (χ3v) is 7.13. The van der Waals surface area contributed by atoms with Crippen molar-refractivity contribution in [2.24, 2.45) is 11.3 Å². The number of aromatic nitrogens is 1. The van der Waals surface area contributed by atoms with Gasteiger partial charge in [-0.3, -0.25) is 4.98 Å². The first kappa shape index (κ1) is 18.2. The molecule has 2 aliphatic rings. The Morgan fingerprint density at radius 3 is 2.52 bits per heavy atom. The quantitative estimate of drug-likeness (QED) is 0.888. The zero-order chi connectivity index (χ0) is 18.1. The maximum atomic E-state index is 12.5. The summed E-state index contributed by atoms with van der Waals surface area (Å²) in [5.74, 6) is 0.971. The van der Waals surface area contributed by atoms with Gasteiger partial charge >= 0.3 is 6.03 Å². The van der Waals surface area contributed by atoms with Gasteiger partial charge in [0.1, 0.15) is 9.84 Å². The van der Waals surface area contributed by atoms with Gasteiger partial charge in [0.25, 0.3) is 0 Å². The van der Waals surface area contributed by atoms with Crippen molar-refractivity contribution in [3.05, 3.63) is 30.1 Å². The van der Waals surface area contributed by atoms with Crippen molar-refractivity contribution in [1.29, 1.82) is 0 Å². The first-order chi connectivity index (χ1) is 11.8. The van der Waals surface area contributed by atoms with Crippen LogP contribution >= 0.6 is 0 Å². The zero-order valence-corrected chi connectivity index (χ0v) is 15.8. The fourth-order valence-corrected chi connectivity index (χ4v) is 5.59. The van der Waals surface area contributed by atoms with E-state index in [-0.39, 0.29) is 29.0 Å². The van der Waals surface area contributed by atoms with Crippen LogP contribution in [0.25, 0.3) is 0 Å². The van der Waals surface area contributed by atoms with Crippen LogP contribution in [0.2, 0.25) is 0 Å². The molecule has 0 spiro atoms. The van der Waals surface area contributed by atoms with Gasteiger partial charge in [0, 0.05) is 30.9 Å². The van der Waals surface area contributed by atoms with Crippen LogP contribution < -0.4 is 5.32 Å². The van der Waals surface area contributed by atoms with E-state index in [1.807, 2.05) is 17.0 Å². The van der Waals surface area contributed by atoms with E-state index in [2.05, 4.69) is 24.1 Å². The number of urea groups is 1. The molecule has 25 heavy (non-hydrogen) atoms. The van der Waals surface area contributed by atoms with E-state index in [1.165, 1.54) is 0 Å². The first-order valence-corrected chi connectivity index (χ1v) is 10.8. The second kappa shape index (κ2) is 6.94. The lowest BCUT2D eigenvalue weighted by Crippen LogP contribution is -2.60. The average molecular weight is 365 g/mol. The lowest BCUT2D eigenvalue weighted by molar-refractivity contribution is -0.0165. The summed E-state index contributed by atoms with van der Waals surface area (Å²) in [5.41, 5.74) is 1.16. The zero-order valence-electron chi connectivity index (χ0n) is 14.9. The fraction of sp³-hybridized carbons (Fsp3) is 0.667. The van der Waals surface area contributed by atoms with E-state index in [4.69, 9.17) is 0 Å². The van der Waals surface area contributed by atoms with Crippen LogP contribution in [0.3, 0.4) is 0 Å². The number of likely N-dealkylation sites (tertiary alicyclic amines) is 1. The molecule has 2 aliphatic heterocycles. The Hall–Kier alpha value is -1.63. The van der Waals surface area contributed by atoms with Crippen LogP contribution in [0.4, 0.5) is 4.79 Å². The summed E-state index contributed by atoms with van der Waals surface area (Å²) < 4.78 is 22.9. The second-order valence-electron chi connectivity index (χ2n) is 7.92. The molecule has 1 aromatic heterocycles. The molecule has 3 heterocycles. The van der Waals surface area contributed by atoms with Crippen LogP contribution in [0.15, 0.2) is 24.5 Å². The molecule has 7 heteroatoms. The number of rotatable bonds is 4. The van der Waals surface area contributed by atoms with E-state index in [0.717, 1.165) is 18.5 Å². The molecule has 3 rings (SSSR count). The average Bonchev–Trinajstić information content (AvgIpc) is 2.55. The summed E-state index contributed by atoms with van der Waals surface area (Å²) in [7, 11) is -2.82. The fourth-order valence-electron chi connectivity index (χ4n) is 4.00. The molecule has 0 aliphatic carbocycles. The number of sulfone groups is 1.